The second kappa shape index (κ2) is 6.99. The lowest BCUT2D eigenvalue weighted by atomic mass is 9.78. The molecular formula is C17H24FNO3. The molecule has 1 saturated carbocycles. The Bertz CT molecular complexity index is 537. The molecule has 0 saturated heterocycles. The highest BCUT2D eigenvalue weighted by molar-refractivity contribution is 5.95. The van der Waals surface area contributed by atoms with E-state index in [0.717, 1.165) is 12.8 Å². The van der Waals surface area contributed by atoms with Crippen molar-refractivity contribution in [3.8, 4) is 11.5 Å². The second-order valence-corrected chi connectivity index (χ2v) is 6.07. The molecule has 122 valence electrons. The van der Waals surface area contributed by atoms with Crippen LogP contribution in [-0.4, -0.2) is 26.2 Å². The van der Waals surface area contributed by atoms with Crippen LogP contribution in [0.25, 0.3) is 0 Å². The van der Waals surface area contributed by atoms with Gasteiger partial charge in [-0.25, -0.2) is 4.39 Å². The first kappa shape index (κ1) is 16.6. The largest absolute Gasteiger partial charge is 0.493 e. The Morgan fingerprint density at radius 2 is 1.68 bits per heavy atom. The Morgan fingerprint density at radius 3 is 2.23 bits per heavy atom. The zero-order valence-corrected chi connectivity index (χ0v) is 13.6. The van der Waals surface area contributed by atoms with Crippen molar-refractivity contribution in [2.24, 2.45) is 11.8 Å². The van der Waals surface area contributed by atoms with E-state index in [1.54, 1.807) is 0 Å². The Kier molecular flexibility index (Phi) is 5.27. The SMILES string of the molecule is COc1cc(F)c(C(=O)NC2[C@H](C)CCC[C@@H]2C)cc1OC. The summed E-state index contributed by atoms with van der Waals surface area (Å²) >= 11 is 0. The highest BCUT2D eigenvalue weighted by atomic mass is 19.1. The first-order valence-corrected chi connectivity index (χ1v) is 7.70. The van der Waals surface area contributed by atoms with Gasteiger partial charge in [0.2, 0.25) is 0 Å². The minimum atomic E-state index is -0.605. The molecule has 0 heterocycles. The lowest BCUT2D eigenvalue weighted by Crippen LogP contribution is -2.46. The van der Waals surface area contributed by atoms with E-state index in [9.17, 15) is 9.18 Å². The first-order chi connectivity index (χ1) is 10.5. The average Bonchev–Trinajstić information content (AvgIpc) is 2.50. The standard InChI is InChI=1S/C17H24FNO3/c1-10-6-5-7-11(2)16(10)19-17(20)12-8-14(21-3)15(22-4)9-13(12)18/h8-11,16H,5-7H2,1-4H3,(H,19,20)/t10-,11+,16?. The van der Waals surface area contributed by atoms with Gasteiger partial charge in [0.1, 0.15) is 5.82 Å². The lowest BCUT2D eigenvalue weighted by Gasteiger charge is -2.35. The van der Waals surface area contributed by atoms with E-state index in [2.05, 4.69) is 19.2 Å². The van der Waals surface area contributed by atoms with Gasteiger partial charge in [-0.15, -0.1) is 0 Å². The van der Waals surface area contributed by atoms with E-state index in [1.165, 1.54) is 32.8 Å². The smallest absolute Gasteiger partial charge is 0.254 e. The van der Waals surface area contributed by atoms with Crippen molar-refractivity contribution in [3.05, 3.63) is 23.5 Å². The number of carbonyl (C=O) groups excluding carboxylic acids is 1. The fraction of sp³-hybridized carbons (Fsp3) is 0.588. The summed E-state index contributed by atoms with van der Waals surface area (Å²) in [5.41, 5.74) is -0.0115. The zero-order valence-electron chi connectivity index (χ0n) is 13.6. The van der Waals surface area contributed by atoms with Crippen LogP contribution in [0.4, 0.5) is 4.39 Å². The lowest BCUT2D eigenvalue weighted by molar-refractivity contribution is 0.0876. The van der Waals surface area contributed by atoms with Gasteiger partial charge in [0.05, 0.1) is 19.8 Å². The summed E-state index contributed by atoms with van der Waals surface area (Å²) in [7, 11) is 2.89. The summed E-state index contributed by atoms with van der Waals surface area (Å²) in [5, 5.41) is 2.99. The van der Waals surface area contributed by atoms with Gasteiger partial charge >= 0.3 is 0 Å². The predicted octanol–water partition coefficient (Wildman–Crippen LogP) is 3.40. The molecule has 0 radical (unpaired) electrons. The highest BCUT2D eigenvalue weighted by Crippen LogP contribution is 2.31. The number of hydrogen-bond acceptors (Lipinski definition) is 3. The molecule has 1 aliphatic rings. The van der Waals surface area contributed by atoms with Gasteiger partial charge in [0.25, 0.3) is 5.91 Å². The number of methoxy groups -OCH3 is 2. The van der Waals surface area contributed by atoms with Crippen molar-refractivity contribution >= 4 is 5.91 Å². The van der Waals surface area contributed by atoms with Crippen molar-refractivity contribution in [1.29, 1.82) is 0 Å². The van der Waals surface area contributed by atoms with Crippen LogP contribution in [0.1, 0.15) is 43.5 Å². The Labute approximate surface area is 131 Å². The molecule has 3 atom stereocenters. The number of amides is 1. The van der Waals surface area contributed by atoms with E-state index in [4.69, 9.17) is 9.47 Å². The van der Waals surface area contributed by atoms with E-state index in [-0.39, 0.29) is 17.4 Å². The molecule has 5 heteroatoms. The molecule has 1 aliphatic carbocycles. The van der Waals surface area contributed by atoms with Gasteiger partial charge in [-0.2, -0.15) is 0 Å². The molecule has 0 bridgehead atoms. The number of benzene rings is 1. The third-order valence-corrected chi connectivity index (χ3v) is 4.56. The van der Waals surface area contributed by atoms with Crippen LogP contribution in [0, 0.1) is 17.7 Å². The number of hydrogen-bond donors (Lipinski definition) is 1. The van der Waals surface area contributed by atoms with Crippen LogP contribution in [0.15, 0.2) is 12.1 Å². The molecule has 1 N–H and O–H groups in total. The van der Waals surface area contributed by atoms with Crippen LogP contribution in [0.2, 0.25) is 0 Å². The molecular weight excluding hydrogens is 285 g/mol. The summed E-state index contributed by atoms with van der Waals surface area (Å²) < 4.78 is 24.3. The van der Waals surface area contributed by atoms with Gasteiger partial charge in [0.15, 0.2) is 11.5 Å². The van der Waals surface area contributed by atoms with Crippen molar-refractivity contribution in [1.82, 2.24) is 5.32 Å². The molecule has 1 unspecified atom stereocenters. The minimum Gasteiger partial charge on any atom is -0.493 e. The van der Waals surface area contributed by atoms with E-state index < -0.39 is 11.7 Å². The topological polar surface area (TPSA) is 47.6 Å². The first-order valence-electron chi connectivity index (χ1n) is 7.70. The van der Waals surface area contributed by atoms with Crippen molar-refractivity contribution in [2.45, 2.75) is 39.2 Å². The normalized spacial score (nSPS) is 24.7. The van der Waals surface area contributed by atoms with Crippen LogP contribution in [-0.2, 0) is 0 Å². The molecule has 1 amide bonds. The van der Waals surface area contributed by atoms with Crippen LogP contribution in [0.5, 0.6) is 11.5 Å². The summed E-state index contributed by atoms with van der Waals surface area (Å²) in [6.45, 7) is 4.26. The molecule has 22 heavy (non-hydrogen) atoms. The Balaban J connectivity index is 2.22. The van der Waals surface area contributed by atoms with Crippen molar-refractivity contribution in [3.63, 3.8) is 0 Å². The summed E-state index contributed by atoms with van der Waals surface area (Å²) in [5.74, 6) is 0.414. The van der Waals surface area contributed by atoms with Gasteiger partial charge in [-0.05, 0) is 30.7 Å². The van der Waals surface area contributed by atoms with Crippen LogP contribution in [0.3, 0.4) is 0 Å². The van der Waals surface area contributed by atoms with Gasteiger partial charge in [-0.1, -0.05) is 20.3 Å². The fourth-order valence-corrected chi connectivity index (χ4v) is 3.22. The maximum atomic E-state index is 14.2. The number of nitrogens with one attached hydrogen (secondary N) is 1. The quantitative estimate of drug-likeness (QED) is 0.927. The third-order valence-electron chi connectivity index (χ3n) is 4.56. The molecule has 1 aromatic rings. The average molecular weight is 309 g/mol. The maximum absolute atomic E-state index is 14.2. The van der Waals surface area contributed by atoms with Crippen molar-refractivity contribution < 1.29 is 18.7 Å². The van der Waals surface area contributed by atoms with E-state index >= 15 is 0 Å². The predicted molar refractivity (Wildman–Crippen MR) is 82.9 cm³/mol. The zero-order chi connectivity index (χ0) is 16.3. The maximum Gasteiger partial charge on any atom is 0.254 e. The third kappa shape index (κ3) is 3.34. The molecule has 1 fully saturated rings. The molecule has 0 spiro atoms. The molecule has 4 nitrogen and oxygen atoms in total. The number of carbonyl (C=O) groups is 1. The van der Waals surface area contributed by atoms with Gasteiger partial charge in [-0.3, -0.25) is 4.79 Å². The summed E-state index contributed by atoms with van der Waals surface area (Å²) in [4.78, 5) is 12.4. The molecule has 0 aliphatic heterocycles. The van der Waals surface area contributed by atoms with E-state index in [1.807, 2.05) is 0 Å². The minimum absolute atomic E-state index is 0.0115. The molecule has 1 aromatic carbocycles. The number of halogens is 1. The Morgan fingerprint density at radius 1 is 1.14 bits per heavy atom. The van der Waals surface area contributed by atoms with Gasteiger partial charge < -0.3 is 14.8 Å². The number of ether oxygens (including phenoxy) is 2. The molecule has 2 rings (SSSR count). The van der Waals surface area contributed by atoms with Crippen LogP contribution >= 0.6 is 0 Å². The summed E-state index contributed by atoms with van der Waals surface area (Å²) in [6, 6.07) is 2.65. The van der Waals surface area contributed by atoms with Crippen LogP contribution < -0.4 is 14.8 Å². The van der Waals surface area contributed by atoms with E-state index in [0.29, 0.717) is 17.6 Å². The highest BCUT2D eigenvalue weighted by Gasteiger charge is 2.30. The van der Waals surface area contributed by atoms with Crippen molar-refractivity contribution in [2.75, 3.05) is 14.2 Å². The second-order valence-electron chi connectivity index (χ2n) is 6.07. The summed E-state index contributed by atoms with van der Waals surface area (Å²) in [6.07, 6.45) is 3.35. The Hall–Kier alpha value is -1.78. The monoisotopic (exact) mass is 309 g/mol. The fourth-order valence-electron chi connectivity index (χ4n) is 3.22. The molecule has 0 aromatic heterocycles. The van der Waals surface area contributed by atoms with Gasteiger partial charge in [0, 0.05) is 12.1 Å². The number of rotatable bonds is 4.